The lowest BCUT2D eigenvalue weighted by Gasteiger charge is -2.18. The summed E-state index contributed by atoms with van der Waals surface area (Å²) >= 11 is 0. The lowest BCUT2D eigenvalue weighted by Crippen LogP contribution is -2.19. The van der Waals surface area contributed by atoms with Gasteiger partial charge in [-0.1, -0.05) is 6.08 Å². The molecule has 0 aromatic heterocycles. The van der Waals surface area contributed by atoms with Gasteiger partial charge >= 0.3 is 5.97 Å². The molecule has 1 aromatic carbocycles. The minimum Gasteiger partial charge on any atom is -0.497 e. The van der Waals surface area contributed by atoms with Crippen molar-refractivity contribution in [2.45, 2.75) is 44.6 Å². The van der Waals surface area contributed by atoms with Crippen molar-refractivity contribution in [3.05, 3.63) is 42.0 Å². The van der Waals surface area contributed by atoms with Gasteiger partial charge in [0.25, 0.3) is 0 Å². The van der Waals surface area contributed by atoms with Crippen LogP contribution in [0.15, 0.2) is 36.4 Å². The summed E-state index contributed by atoms with van der Waals surface area (Å²) in [4.78, 5) is 23.6. The molecule has 118 valence electrons. The average Bonchev–Trinajstić information content (AvgIpc) is 2.55. The van der Waals surface area contributed by atoms with Gasteiger partial charge in [0.1, 0.15) is 11.9 Å². The standard InChI is InChI=1S/C18H22O4/c1-21-16-12-10-14(11-13-16)18(20)22-17-8-4-2-6-15(19)7-3-5-9-17/h2,6,10-13,17H,3-5,7-9H2,1H3. The van der Waals surface area contributed by atoms with Gasteiger partial charge in [0.05, 0.1) is 12.7 Å². The molecule has 22 heavy (non-hydrogen) atoms. The Bertz CT molecular complexity index is 531. The summed E-state index contributed by atoms with van der Waals surface area (Å²) in [6.45, 7) is 0. The Morgan fingerprint density at radius 1 is 1.14 bits per heavy atom. The van der Waals surface area contributed by atoms with Gasteiger partial charge in [0, 0.05) is 6.42 Å². The van der Waals surface area contributed by atoms with Gasteiger partial charge in [-0.15, -0.1) is 0 Å². The number of hydrogen-bond donors (Lipinski definition) is 0. The topological polar surface area (TPSA) is 52.6 Å². The highest BCUT2D eigenvalue weighted by molar-refractivity contribution is 5.90. The lowest BCUT2D eigenvalue weighted by atomic mass is 10.0. The van der Waals surface area contributed by atoms with E-state index < -0.39 is 0 Å². The fourth-order valence-corrected chi connectivity index (χ4v) is 2.46. The van der Waals surface area contributed by atoms with Gasteiger partial charge in [0.15, 0.2) is 5.78 Å². The second-order valence-corrected chi connectivity index (χ2v) is 5.45. The monoisotopic (exact) mass is 302 g/mol. The smallest absolute Gasteiger partial charge is 0.338 e. The number of esters is 1. The van der Waals surface area contributed by atoms with Crippen LogP contribution in [0.4, 0.5) is 0 Å². The zero-order valence-electron chi connectivity index (χ0n) is 12.9. The molecule has 0 aliphatic heterocycles. The molecule has 1 aliphatic rings. The van der Waals surface area contributed by atoms with Crippen LogP contribution in [-0.2, 0) is 9.53 Å². The third kappa shape index (κ3) is 5.02. The van der Waals surface area contributed by atoms with E-state index in [9.17, 15) is 9.59 Å². The maximum atomic E-state index is 12.2. The van der Waals surface area contributed by atoms with Gasteiger partial charge < -0.3 is 9.47 Å². The highest BCUT2D eigenvalue weighted by Gasteiger charge is 2.16. The van der Waals surface area contributed by atoms with Crippen LogP contribution in [0.25, 0.3) is 0 Å². The second kappa shape index (κ2) is 8.37. The van der Waals surface area contributed by atoms with Crippen molar-refractivity contribution in [2.75, 3.05) is 7.11 Å². The zero-order valence-corrected chi connectivity index (χ0v) is 12.9. The number of allylic oxidation sites excluding steroid dienone is 2. The highest BCUT2D eigenvalue weighted by Crippen LogP contribution is 2.18. The summed E-state index contributed by atoms with van der Waals surface area (Å²) in [6, 6.07) is 6.91. The van der Waals surface area contributed by atoms with Gasteiger partial charge in [0.2, 0.25) is 0 Å². The predicted molar refractivity (Wildman–Crippen MR) is 84.0 cm³/mol. The maximum Gasteiger partial charge on any atom is 0.338 e. The minimum atomic E-state index is -0.301. The van der Waals surface area contributed by atoms with Crippen LogP contribution in [0.3, 0.4) is 0 Å². The number of ether oxygens (including phenoxy) is 2. The molecule has 4 nitrogen and oxygen atoms in total. The molecule has 0 saturated carbocycles. The van der Waals surface area contributed by atoms with E-state index >= 15 is 0 Å². The second-order valence-electron chi connectivity index (χ2n) is 5.45. The lowest BCUT2D eigenvalue weighted by molar-refractivity contribution is -0.114. The fraction of sp³-hybridized carbons (Fsp3) is 0.444. The van der Waals surface area contributed by atoms with E-state index in [1.54, 1.807) is 37.5 Å². The molecule has 0 fully saturated rings. The average molecular weight is 302 g/mol. The fourth-order valence-electron chi connectivity index (χ4n) is 2.46. The van der Waals surface area contributed by atoms with Gasteiger partial charge in [-0.05, 0) is 62.4 Å². The summed E-state index contributed by atoms with van der Waals surface area (Å²) < 4.78 is 10.7. The van der Waals surface area contributed by atoms with Crippen LogP contribution in [0.2, 0.25) is 0 Å². The van der Waals surface area contributed by atoms with E-state index in [1.165, 1.54) is 0 Å². The molecular formula is C18H22O4. The molecule has 1 aliphatic carbocycles. The third-order valence-electron chi connectivity index (χ3n) is 3.76. The SMILES string of the molecule is COc1ccc(C(=O)OC2CCC=CC(=O)CCCC2)cc1. The summed E-state index contributed by atoms with van der Waals surface area (Å²) in [5.74, 6) is 0.600. The highest BCUT2D eigenvalue weighted by atomic mass is 16.5. The molecule has 0 saturated heterocycles. The first-order valence-electron chi connectivity index (χ1n) is 7.73. The number of hydrogen-bond acceptors (Lipinski definition) is 4. The summed E-state index contributed by atoms with van der Waals surface area (Å²) in [6.07, 6.45) is 8.08. The Labute approximate surface area is 131 Å². The zero-order chi connectivity index (χ0) is 15.8. The first-order chi connectivity index (χ1) is 10.7. The minimum absolute atomic E-state index is 0.0903. The van der Waals surface area contributed by atoms with Crippen molar-refractivity contribution >= 4 is 11.8 Å². The van der Waals surface area contributed by atoms with E-state index in [2.05, 4.69) is 0 Å². The van der Waals surface area contributed by atoms with Crippen LogP contribution < -0.4 is 4.74 Å². The Kier molecular flexibility index (Phi) is 6.19. The number of methoxy groups -OCH3 is 1. The largest absolute Gasteiger partial charge is 0.497 e. The van der Waals surface area contributed by atoms with Crippen LogP contribution in [-0.4, -0.2) is 25.0 Å². The van der Waals surface area contributed by atoms with E-state index in [1.807, 2.05) is 6.08 Å². The molecule has 1 atom stereocenters. The first-order valence-corrected chi connectivity index (χ1v) is 7.73. The summed E-state index contributed by atoms with van der Waals surface area (Å²) in [5.41, 5.74) is 0.531. The predicted octanol–water partition coefficient (Wildman–Crippen LogP) is 3.70. The molecule has 1 unspecified atom stereocenters. The molecule has 0 radical (unpaired) electrons. The molecule has 0 bridgehead atoms. The van der Waals surface area contributed by atoms with Gasteiger partial charge in [-0.2, -0.15) is 0 Å². The number of benzene rings is 1. The normalized spacial score (nSPS) is 19.5. The molecule has 0 spiro atoms. The Balaban J connectivity index is 1.93. The molecule has 1 aromatic rings. The van der Waals surface area contributed by atoms with Crippen LogP contribution in [0, 0.1) is 0 Å². The molecule has 0 N–H and O–H groups in total. The van der Waals surface area contributed by atoms with Crippen molar-refractivity contribution < 1.29 is 19.1 Å². The van der Waals surface area contributed by atoms with Crippen molar-refractivity contribution in [3.63, 3.8) is 0 Å². The van der Waals surface area contributed by atoms with Crippen LogP contribution in [0.1, 0.15) is 48.9 Å². The van der Waals surface area contributed by atoms with Crippen LogP contribution >= 0.6 is 0 Å². The Hall–Kier alpha value is -2.10. The molecule has 0 amide bonds. The molecule has 0 heterocycles. The number of carbonyl (C=O) groups excluding carboxylic acids is 2. The number of ketones is 1. The Morgan fingerprint density at radius 2 is 1.91 bits per heavy atom. The third-order valence-corrected chi connectivity index (χ3v) is 3.76. The number of carbonyl (C=O) groups is 2. The summed E-state index contributed by atoms with van der Waals surface area (Å²) in [5, 5.41) is 0. The molecule has 2 rings (SSSR count). The van der Waals surface area contributed by atoms with Crippen molar-refractivity contribution in [2.24, 2.45) is 0 Å². The van der Waals surface area contributed by atoms with Crippen molar-refractivity contribution in [1.29, 1.82) is 0 Å². The summed E-state index contributed by atoms with van der Waals surface area (Å²) in [7, 11) is 1.59. The first kappa shape index (κ1) is 16.3. The van der Waals surface area contributed by atoms with Crippen molar-refractivity contribution in [1.82, 2.24) is 0 Å². The maximum absolute atomic E-state index is 12.2. The van der Waals surface area contributed by atoms with E-state index in [-0.39, 0.29) is 17.9 Å². The van der Waals surface area contributed by atoms with Crippen molar-refractivity contribution in [3.8, 4) is 5.75 Å². The molecule has 4 heteroatoms. The number of rotatable bonds is 3. The van der Waals surface area contributed by atoms with Gasteiger partial charge in [-0.25, -0.2) is 4.79 Å². The van der Waals surface area contributed by atoms with E-state index in [0.717, 1.165) is 32.1 Å². The van der Waals surface area contributed by atoms with E-state index in [4.69, 9.17) is 9.47 Å². The van der Waals surface area contributed by atoms with E-state index in [0.29, 0.717) is 17.7 Å². The van der Waals surface area contributed by atoms with Gasteiger partial charge in [-0.3, -0.25) is 4.79 Å². The Morgan fingerprint density at radius 3 is 2.64 bits per heavy atom. The van der Waals surface area contributed by atoms with Crippen LogP contribution in [0.5, 0.6) is 5.75 Å². The quantitative estimate of drug-likeness (QED) is 0.799. The molecular weight excluding hydrogens is 280 g/mol.